The number of hydrogen-bond acceptors (Lipinski definition) is 0. The van der Waals surface area contributed by atoms with Crippen molar-refractivity contribution in [2.75, 3.05) is 0 Å². The SMILES string of the molecule is CCCCCC[n+]1ccc(-c2cc(-c3ccccc3)[n+](-c3ccc(-[n+]4c(-c5ccccc5)cc(-c5cc[n+](C)cc5)cc4-c4ccccc4)cc3)c(-c3ccccc3)c2)cc1. The van der Waals surface area contributed by atoms with Crippen LogP contribution in [0.1, 0.15) is 32.6 Å². The van der Waals surface area contributed by atoms with Gasteiger partial charge in [-0.25, -0.2) is 9.13 Å². The Morgan fingerprint density at radius 2 is 0.672 bits per heavy atom. The fourth-order valence-corrected chi connectivity index (χ4v) is 8.33. The number of rotatable bonds is 13. The standard InChI is InChI=1S/C57H52N4/c1-3-4-5-18-35-59-38-33-45(34-39-59)51-42-56(48-23-14-8-15-24-48)61(57(43-51)49-25-16-9-17-26-49)53-29-27-52(28-30-53)60-54(46-19-10-6-11-20-46)40-50(44-31-36-58(2)37-32-44)41-55(60)47-21-12-7-13-22-47/h6-17,19-34,36-43H,3-5,18,35H2,1-2H3/q+4. The van der Waals surface area contributed by atoms with Gasteiger partial charge in [-0.1, -0.05) is 92.6 Å². The molecule has 0 N–H and O–H groups in total. The molecule has 0 saturated carbocycles. The summed E-state index contributed by atoms with van der Waals surface area (Å²) in [4.78, 5) is 0. The zero-order valence-electron chi connectivity index (χ0n) is 35.1. The fraction of sp³-hybridized carbons (Fsp3) is 0.123. The lowest BCUT2D eigenvalue weighted by atomic mass is 9.98. The van der Waals surface area contributed by atoms with Gasteiger partial charge in [-0.2, -0.15) is 9.13 Å². The topological polar surface area (TPSA) is 15.5 Å². The number of aromatic nitrogens is 4. The number of aryl methyl sites for hydroxylation is 2. The van der Waals surface area contributed by atoms with Gasteiger partial charge in [0.25, 0.3) is 0 Å². The van der Waals surface area contributed by atoms with Gasteiger partial charge in [-0.3, -0.25) is 0 Å². The average molecular weight is 793 g/mol. The van der Waals surface area contributed by atoms with E-state index < -0.39 is 0 Å². The first-order valence-corrected chi connectivity index (χ1v) is 21.6. The molecular formula is C57H52N4+4. The van der Waals surface area contributed by atoms with Crippen molar-refractivity contribution >= 4 is 0 Å². The molecule has 0 radical (unpaired) electrons. The Hall–Kier alpha value is -7.30. The lowest BCUT2D eigenvalue weighted by molar-refractivity contribution is -0.697. The van der Waals surface area contributed by atoms with Crippen LogP contribution in [0.3, 0.4) is 0 Å². The number of hydrogen-bond donors (Lipinski definition) is 0. The van der Waals surface area contributed by atoms with E-state index in [-0.39, 0.29) is 0 Å². The highest BCUT2D eigenvalue weighted by atomic mass is 15.0. The third kappa shape index (κ3) is 8.71. The van der Waals surface area contributed by atoms with Gasteiger partial charge in [0, 0.05) is 101 Å². The molecule has 5 aromatic carbocycles. The molecule has 4 nitrogen and oxygen atoms in total. The maximum Gasteiger partial charge on any atom is 0.219 e. The Bertz CT molecular complexity index is 2720. The molecule has 0 spiro atoms. The van der Waals surface area contributed by atoms with Gasteiger partial charge < -0.3 is 0 Å². The van der Waals surface area contributed by atoms with Gasteiger partial charge in [0.05, 0.1) is 0 Å². The Balaban J connectivity index is 1.22. The number of nitrogens with zero attached hydrogens (tertiary/aromatic N) is 4. The summed E-state index contributed by atoms with van der Waals surface area (Å²) in [6.07, 6.45) is 13.7. The van der Waals surface area contributed by atoms with E-state index in [1.54, 1.807) is 0 Å². The summed E-state index contributed by atoms with van der Waals surface area (Å²) in [6, 6.07) is 70.5. The highest BCUT2D eigenvalue weighted by Gasteiger charge is 2.28. The minimum atomic E-state index is 1.05. The highest BCUT2D eigenvalue weighted by Crippen LogP contribution is 2.33. The summed E-state index contributed by atoms with van der Waals surface area (Å²) < 4.78 is 9.24. The van der Waals surface area contributed by atoms with Crippen LogP contribution in [0.25, 0.3) is 78.7 Å². The normalized spacial score (nSPS) is 11.1. The van der Waals surface area contributed by atoms with Crippen molar-refractivity contribution in [3.05, 3.63) is 219 Å². The van der Waals surface area contributed by atoms with Crippen molar-refractivity contribution in [1.29, 1.82) is 0 Å². The second kappa shape index (κ2) is 18.3. The molecule has 296 valence electrons. The third-order valence-electron chi connectivity index (χ3n) is 11.6. The van der Waals surface area contributed by atoms with E-state index in [1.807, 2.05) is 0 Å². The zero-order valence-corrected chi connectivity index (χ0v) is 35.1. The van der Waals surface area contributed by atoms with Crippen molar-refractivity contribution in [3.8, 4) is 78.7 Å². The monoisotopic (exact) mass is 792 g/mol. The molecule has 0 atom stereocenters. The molecule has 0 aliphatic rings. The maximum absolute atomic E-state index is 2.42. The average Bonchev–Trinajstić information content (AvgIpc) is 3.34. The lowest BCUT2D eigenvalue weighted by Crippen LogP contribution is -2.38. The summed E-state index contributed by atoms with van der Waals surface area (Å²) in [5.41, 5.74) is 16.0. The van der Waals surface area contributed by atoms with Gasteiger partial charge >= 0.3 is 0 Å². The molecule has 0 unspecified atom stereocenters. The Morgan fingerprint density at radius 1 is 0.328 bits per heavy atom. The molecule has 9 aromatic rings. The Labute approximate surface area is 360 Å². The maximum atomic E-state index is 2.42. The van der Waals surface area contributed by atoms with Gasteiger partial charge in [0.1, 0.15) is 13.6 Å². The van der Waals surface area contributed by atoms with Crippen LogP contribution in [0, 0.1) is 0 Å². The smallest absolute Gasteiger partial charge is 0.208 e. The third-order valence-corrected chi connectivity index (χ3v) is 11.6. The van der Waals surface area contributed by atoms with E-state index >= 15 is 0 Å². The molecule has 0 aliphatic carbocycles. The first kappa shape index (κ1) is 39.2. The van der Waals surface area contributed by atoms with Crippen molar-refractivity contribution < 1.29 is 18.3 Å². The number of pyridine rings is 4. The van der Waals surface area contributed by atoms with Gasteiger partial charge in [-0.05, 0) is 77.2 Å². The summed E-state index contributed by atoms with van der Waals surface area (Å²) in [6.45, 7) is 3.31. The van der Waals surface area contributed by atoms with Crippen LogP contribution in [0.2, 0.25) is 0 Å². The number of unbranched alkanes of at least 4 members (excludes halogenated alkanes) is 3. The predicted molar refractivity (Wildman–Crippen MR) is 248 cm³/mol. The second-order valence-corrected chi connectivity index (χ2v) is 15.8. The van der Waals surface area contributed by atoms with Crippen LogP contribution >= 0.6 is 0 Å². The molecule has 0 amide bonds. The van der Waals surface area contributed by atoms with Crippen LogP contribution in [-0.4, -0.2) is 0 Å². The molecule has 4 heteroatoms. The van der Waals surface area contributed by atoms with Crippen molar-refractivity contribution in [1.82, 2.24) is 0 Å². The molecule has 4 aromatic heterocycles. The van der Waals surface area contributed by atoms with Crippen LogP contribution in [0.5, 0.6) is 0 Å². The number of benzene rings is 5. The quantitative estimate of drug-likeness (QED) is 0.0816. The first-order chi connectivity index (χ1) is 30.1. The lowest BCUT2D eigenvalue weighted by Gasteiger charge is -2.14. The van der Waals surface area contributed by atoms with Crippen LogP contribution < -0.4 is 18.3 Å². The molecular weight excluding hydrogens is 741 g/mol. The summed E-state index contributed by atoms with van der Waals surface area (Å²) >= 11 is 0. The van der Waals surface area contributed by atoms with Gasteiger partial charge in [0.2, 0.25) is 34.2 Å². The van der Waals surface area contributed by atoms with Crippen LogP contribution in [0.15, 0.2) is 219 Å². The predicted octanol–water partition coefficient (Wildman–Crippen LogP) is 11.9. The van der Waals surface area contributed by atoms with E-state index in [2.05, 4.69) is 251 Å². The Morgan fingerprint density at radius 3 is 1.02 bits per heavy atom. The van der Waals surface area contributed by atoms with E-state index in [0.29, 0.717) is 0 Å². The van der Waals surface area contributed by atoms with Gasteiger partial charge in [-0.15, -0.1) is 0 Å². The van der Waals surface area contributed by atoms with Gasteiger partial charge in [0.15, 0.2) is 24.8 Å². The van der Waals surface area contributed by atoms with Crippen LogP contribution in [-0.2, 0) is 13.6 Å². The van der Waals surface area contributed by atoms with Crippen molar-refractivity contribution in [3.63, 3.8) is 0 Å². The van der Waals surface area contributed by atoms with Crippen molar-refractivity contribution in [2.24, 2.45) is 7.05 Å². The van der Waals surface area contributed by atoms with Crippen LogP contribution in [0.4, 0.5) is 0 Å². The largest absolute Gasteiger partial charge is 0.219 e. The Kier molecular flexibility index (Phi) is 11.8. The van der Waals surface area contributed by atoms with E-state index in [1.165, 1.54) is 47.9 Å². The molecule has 0 aliphatic heterocycles. The summed E-state index contributed by atoms with van der Waals surface area (Å²) in [7, 11) is 2.06. The summed E-state index contributed by atoms with van der Waals surface area (Å²) in [5, 5.41) is 0. The highest BCUT2D eigenvalue weighted by molar-refractivity contribution is 5.75. The molecule has 61 heavy (non-hydrogen) atoms. The minimum Gasteiger partial charge on any atom is -0.208 e. The first-order valence-electron chi connectivity index (χ1n) is 21.6. The van der Waals surface area contributed by atoms with Crippen molar-refractivity contribution in [2.45, 2.75) is 39.2 Å². The minimum absolute atomic E-state index is 1.05. The summed E-state index contributed by atoms with van der Waals surface area (Å²) in [5.74, 6) is 0. The second-order valence-electron chi connectivity index (χ2n) is 15.8. The molecule has 4 heterocycles. The zero-order chi connectivity index (χ0) is 41.4. The molecule has 0 saturated heterocycles. The molecule has 9 rings (SSSR count). The van der Waals surface area contributed by atoms with E-state index in [0.717, 1.165) is 62.9 Å². The van der Waals surface area contributed by atoms with E-state index in [9.17, 15) is 0 Å². The molecule has 0 fully saturated rings. The molecule has 0 bridgehead atoms. The fourth-order valence-electron chi connectivity index (χ4n) is 8.33. The van der Waals surface area contributed by atoms with E-state index in [4.69, 9.17) is 0 Å².